The molecule has 0 bridgehead atoms. The number of nitrogens with zero attached hydrogens (tertiary/aromatic N) is 6. The molecular formula is C23H22F3N7O. The number of amides is 1. The summed E-state index contributed by atoms with van der Waals surface area (Å²) in [5.41, 5.74) is 1.77. The first kappa shape index (κ1) is 23.1. The van der Waals surface area contributed by atoms with Crippen molar-refractivity contribution in [1.82, 2.24) is 34.8 Å². The van der Waals surface area contributed by atoms with E-state index in [9.17, 15) is 18.0 Å². The molecule has 1 unspecified atom stereocenters. The van der Waals surface area contributed by atoms with Crippen LogP contribution < -0.4 is 5.32 Å². The fourth-order valence-electron chi connectivity index (χ4n) is 3.57. The Morgan fingerprint density at radius 1 is 1.00 bits per heavy atom. The van der Waals surface area contributed by atoms with Gasteiger partial charge in [-0.1, -0.05) is 26.0 Å². The van der Waals surface area contributed by atoms with Gasteiger partial charge in [0.15, 0.2) is 5.82 Å². The van der Waals surface area contributed by atoms with Crippen LogP contribution in [-0.2, 0) is 6.18 Å². The summed E-state index contributed by atoms with van der Waals surface area (Å²) in [7, 11) is 0. The summed E-state index contributed by atoms with van der Waals surface area (Å²) in [4.78, 5) is 20.9. The molecule has 176 valence electrons. The van der Waals surface area contributed by atoms with Gasteiger partial charge in [-0.05, 0) is 42.7 Å². The van der Waals surface area contributed by atoms with E-state index in [1.54, 1.807) is 11.0 Å². The lowest BCUT2D eigenvalue weighted by molar-refractivity contribution is -0.137. The number of halogens is 3. The minimum absolute atomic E-state index is 0.135. The molecule has 1 atom stereocenters. The highest BCUT2D eigenvalue weighted by Gasteiger charge is 2.31. The Bertz CT molecular complexity index is 1260. The average molecular weight is 469 g/mol. The summed E-state index contributed by atoms with van der Waals surface area (Å²) >= 11 is 0. The number of nitrogens with one attached hydrogen (secondary N) is 1. The zero-order chi connectivity index (χ0) is 24.5. The van der Waals surface area contributed by atoms with E-state index in [1.165, 1.54) is 23.3 Å². The van der Waals surface area contributed by atoms with E-state index in [-0.39, 0.29) is 23.7 Å². The van der Waals surface area contributed by atoms with Crippen LogP contribution in [0.15, 0.2) is 61.4 Å². The molecule has 0 aliphatic heterocycles. The van der Waals surface area contributed by atoms with Gasteiger partial charge in [0.25, 0.3) is 5.91 Å². The molecular weight excluding hydrogens is 447 g/mol. The third kappa shape index (κ3) is 4.68. The van der Waals surface area contributed by atoms with E-state index in [0.29, 0.717) is 11.3 Å². The second kappa shape index (κ2) is 9.08. The molecule has 11 heteroatoms. The smallest absolute Gasteiger partial charge is 0.345 e. The molecule has 4 aromatic rings. The Morgan fingerprint density at radius 2 is 1.74 bits per heavy atom. The van der Waals surface area contributed by atoms with E-state index in [1.807, 2.05) is 45.0 Å². The van der Waals surface area contributed by atoms with Gasteiger partial charge < -0.3 is 5.32 Å². The van der Waals surface area contributed by atoms with Crippen LogP contribution in [0.1, 0.15) is 59.9 Å². The first-order chi connectivity index (χ1) is 16.1. The van der Waals surface area contributed by atoms with Crippen molar-refractivity contribution in [1.29, 1.82) is 0 Å². The molecule has 0 fully saturated rings. The Kier molecular flexibility index (Phi) is 6.18. The zero-order valence-electron chi connectivity index (χ0n) is 18.7. The van der Waals surface area contributed by atoms with E-state index in [4.69, 9.17) is 0 Å². The number of hydrogen-bond acceptors (Lipinski definition) is 5. The van der Waals surface area contributed by atoms with Gasteiger partial charge in [0.1, 0.15) is 12.7 Å². The second-order valence-corrected chi connectivity index (χ2v) is 8.04. The van der Waals surface area contributed by atoms with Crippen molar-refractivity contribution < 1.29 is 18.0 Å². The molecule has 0 aliphatic rings. The summed E-state index contributed by atoms with van der Waals surface area (Å²) < 4.78 is 41.6. The van der Waals surface area contributed by atoms with E-state index < -0.39 is 11.7 Å². The molecule has 0 radical (unpaired) electrons. The standard InChI is InChI=1S/C23H22F3N7O/c1-14(2)21-19(11-29-33(21)20-9-6-17(10-28-20)23(24,25)26)22(34)31-15(3)16-4-7-18(8-5-16)32-13-27-12-30-32/h4-15H,1-3H3,(H,31,34). The minimum atomic E-state index is -4.48. The van der Waals surface area contributed by atoms with Crippen LogP contribution in [0.25, 0.3) is 11.5 Å². The van der Waals surface area contributed by atoms with Gasteiger partial charge in [-0.2, -0.15) is 23.4 Å². The summed E-state index contributed by atoms with van der Waals surface area (Å²) in [5, 5.41) is 11.3. The molecule has 3 heterocycles. The minimum Gasteiger partial charge on any atom is -0.345 e. The highest BCUT2D eigenvalue weighted by atomic mass is 19.4. The summed E-state index contributed by atoms with van der Waals surface area (Å²) in [6.45, 7) is 5.61. The first-order valence-corrected chi connectivity index (χ1v) is 10.5. The predicted molar refractivity (Wildman–Crippen MR) is 118 cm³/mol. The monoisotopic (exact) mass is 469 g/mol. The van der Waals surface area contributed by atoms with Gasteiger partial charge in [0.05, 0.1) is 34.7 Å². The average Bonchev–Trinajstić information content (AvgIpc) is 3.49. The van der Waals surface area contributed by atoms with Crippen molar-refractivity contribution in [3.05, 3.63) is 83.8 Å². The SMILES string of the molecule is CC(C)c1c(C(=O)NC(C)c2ccc(-n3cncn3)cc2)cnn1-c1ccc(C(F)(F)F)cn1. The Hall–Kier alpha value is -4.02. The fourth-order valence-corrected chi connectivity index (χ4v) is 3.57. The van der Waals surface area contributed by atoms with Crippen LogP contribution in [0.2, 0.25) is 0 Å². The van der Waals surface area contributed by atoms with E-state index in [2.05, 4.69) is 25.5 Å². The van der Waals surface area contributed by atoms with Gasteiger partial charge in [-0.25, -0.2) is 19.3 Å². The number of alkyl halides is 3. The molecule has 34 heavy (non-hydrogen) atoms. The van der Waals surface area contributed by atoms with Crippen molar-refractivity contribution in [2.45, 2.75) is 38.9 Å². The highest BCUT2D eigenvalue weighted by molar-refractivity contribution is 5.95. The molecule has 1 amide bonds. The quantitative estimate of drug-likeness (QED) is 0.450. The number of rotatable bonds is 6. The van der Waals surface area contributed by atoms with Gasteiger partial charge in [0.2, 0.25) is 0 Å². The predicted octanol–water partition coefficient (Wildman–Crippen LogP) is 4.48. The number of aromatic nitrogens is 6. The molecule has 0 aliphatic carbocycles. The van der Waals surface area contributed by atoms with Crippen LogP contribution in [0.4, 0.5) is 13.2 Å². The van der Waals surface area contributed by atoms with Crippen molar-refractivity contribution in [3.63, 3.8) is 0 Å². The van der Waals surface area contributed by atoms with Gasteiger partial charge in [-0.3, -0.25) is 4.79 Å². The Morgan fingerprint density at radius 3 is 2.29 bits per heavy atom. The number of benzene rings is 1. The summed E-state index contributed by atoms with van der Waals surface area (Å²) in [6.07, 6.45) is 0.724. The maximum atomic E-state index is 13.1. The Labute approximate surface area is 193 Å². The lowest BCUT2D eigenvalue weighted by atomic mass is 10.0. The molecule has 0 saturated carbocycles. The van der Waals surface area contributed by atoms with Crippen molar-refractivity contribution in [2.24, 2.45) is 0 Å². The van der Waals surface area contributed by atoms with Gasteiger partial charge in [0, 0.05) is 6.20 Å². The number of hydrogen-bond donors (Lipinski definition) is 1. The van der Waals surface area contributed by atoms with Crippen molar-refractivity contribution in [3.8, 4) is 11.5 Å². The highest BCUT2D eigenvalue weighted by Crippen LogP contribution is 2.29. The summed E-state index contributed by atoms with van der Waals surface area (Å²) in [5.74, 6) is -0.271. The third-order valence-electron chi connectivity index (χ3n) is 5.31. The van der Waals surface area contributed by atoms with Crippen LogP contribution in [0, 0.1) is 0 Å². The summed E-state index contributed by atoms with van der Waals surface area (Å²) in [6, 6.07) is 9.41. The largest absolute Gasteiger partial charge is 0.417 e. The third-order valence-corrected chi connectivity index (χ3v) is 5.31. The first-order valence-electron chi connectivity index (χ1n) is 10.5. The lowest BCUT2D eigenvalue weighted by Crippen LogP contribution is -2.27. The maximum absolute atomic E-state index is 13.1. The lowest BCUT2D eigenvalue weighted by Gasteiger charge is -2.17. The molecule has 4 rings (SSSR count). The molecule has 1 aromatic carbocycles. The van der Waals surface area contributed by atoms with Gasteiger partial charge in [-0.15, -0.1) is 0 Å². The Balaban J connectivity index is 1.55. The molecule has 1 N–H and O–H groups in total. The molecule has 8 nitrogen and oxygen atoms in total. The zero-order valence-corrected chi connectivity index (χ0v) is 18.7. The molecule has 0 spiro atoms. The number of pyridine rings is 1. The second-order valence-electron chi connectivity index (χ2n) is 8.04. The maximum Gasteiger partial charge on any atom is 0.417 e. The van der Waals surface area contributed by atoms with Crippen molar-refractivity contribution in [2.75, 3.05) is 0 Å². The fraction of sp³-hybridized carbons (Fsp3) is 0.261. The molecule has 0 saturated heterocycles. The number of carbonyl (C=O) groups is 1. The topological polar surface area (TPSA) is 90.5 Å². The van der Waals surface area contributed by atoms with E-state index >= 15 is 0 Å². The van der Waals surface area contributed by atoms with Crippen LogP contribution in [0.5, 0.6) is 0 Å². The van der Waals surface area contributed by atoms with E-state index in [0.717, 1.165) is 23.5 Å². The van der Waals surface area contributed by atoms with Crippen LogP contribution in [0.3, 0.4) is 0 Å². The normalized spacial score (nSPS) is 12.7. The molecule has 3 aromatic heterocycles. The van der Waals surface area contributed by atoms with Gasteiger partial charge >= 0.3 is 6.18 Å². The van der Waals surface area contributed by atoms with Crippen molar-refractivity contribution >= 4 is 5.91 Å². The van der Waals surface area contributed by atoms with Crippen LogP contribution >= 0.6 is 0 Å². The number of carbonyl (C=O) groups excluding carboxylic acids is 1. The van der Waals surface area contributed by atoms with Crippen LogP contribution in [-0.4, -0.2) is 35.4 Å².